The Bertz CT molecular complexity index is 961. The molecule has 0 N–H and O–H groups in total. The third-order valence-electron chi connectivity index (χ3n) is 5.21. The van der Waals surface area contributed by atoms with Crippen molar-refractivity contribution in [3.8, 4) is 0 Å². The van der Waals surface area contributed by atoms with E-state index >= 15 is 0 Å². The summed E-state index contributed by atoms with van der Waals surface area (Å²) >= 11 is 0. The van der Waals surface area contributed by atoms with Gasteiger partial charge in [-0.05, 0) is 48.9 Å². The summed E-state index contributed by atoms with van der Waals surface area (Å²) in [7, 11) is -7.39. The van der Waals surface area contributed by atoms with Gasteiger partial charge in [0, 0.05) is 13.1 Å². The predicted molar refractivity (Wildman–Crippen MR) is 103 cm³/mol. The van der Waals surface area contributed by atoms with E-state index in [1.54, 1.807) is 13.8 Å². The molecule has 3 atom stereocenters. The van der Waals surface area contributed by atoms with Crippen LogP contribution in [0.4, 0.5) is 5.69 Å². The van der Waals surface area contributed by atoms with Crippen LogP contribution in [0.15, 0.2) is 23.1 Å². The summed E-state index contributed by atoms with van der Waals surface area (Å²) in [6, 6.07) is 4.29. The summed E-state index contributed by atoms with van der Waals surface area (Å²) in [6.07, 6.45) is 0.997. The number of anilines is 1. The maximum atomic E-state index is 13.1. The summed E-state index contributed by atoms with van der Waals surface area (Å²) in [5.41, 5.74) is 0.627. The lowest BCUT2D eigenvalue weighted by molar-refractivity contribution is -0.119. The quantitative estimate of drug-likeness (QED) is 0.754. The van der Waals surface area contributed by atoms with Gasteiger partial charge in [-0.2, -0.15) is 4.31 Å². The Hall–Kier alpha value is -1.45. The molecule has 0 aromatic heterocycles. The minimum atomic E-state index is -3.71. The van der Waals surface area contributed by atoms with E-state index in [0.29, 0.717) is 18.7 Å². The van der Waals surface area contributed by atoms with Crippen LogP contribution in [0.1, 0.15) is 32.8 Å². The lowest BCUT2D eigenvalue weighted by atomic mass is 9.94. The van der Waals surface area contributed by atoms with E-state index < -0.39 is 31.9 Å². The molecule has 0 radical (unpaired) electrons. The van der Waals surface area contributed by atoms with E-state index in [2.05, 4.69) is 0 Å². The Kier molecular flexibility index (Phi) is 5.15. The Balaban J connectivity index is 1.97. The second-order valence-electron chi connectivity index (χ2n) is 8.00. The average molecular weight is 415 g/mol. The maximum Gasteiger partial charge on any atom is 0.244 e. The molecular weight excluding hydrogens is 388 g/mol. The molecule has 2 aliphatic heterocycles. The molecule has 1 amide bonds. The van der Waals surface area contributed by atoms with E-state index in [0.717, 1.165) is 10.7 Å². The van der Waals surface area contributed by atoms with Crippen molar-refractivity contribution in [2.75, 3.05) is 23.1 Å². The fourth-order valence-electron chi connectivity index (χ4n) is 4.08. The summed E-state index contributed by atoms with van der Waals surface area (Å²) in [4.78, 5) is 12.4. The van der Waals surface area contributed by atoms with Crippen molar-refractivity contribution in [2.45, 2.75) is 39.0 Å². The fraction of sp³-hybridized carbons (Fsp3) is 0.611. The van der Waals surface area contributed by atoms with Gasteiger partial charge in [0.05, 0.1) is 22.3 Å². The molecule has 2 fully saturated rings. The molecule has 1 aromatic rings. The molecule has 2 aliphatic rings. The van der Waals surface area contributed by atoms with Crippen molar-refractivity contribution in [3.63, 3.8) is 0 Å². The number of piperidine rings is 1. The van der Waals surface area contributed by atoms with E-state index in [1.807, 2.05) is 13.8 Å². The third kappa shape index (κ3) is 3.64. The number of aryl methyl sites for hydroxylation is 1. The van der Waals surface area contributed by atoms with E-state index in [-0.39, 0.29) is 28.2 Å². The topological polar surface area (TPSA) is 91.8 Å². The first-order chi connectivity index (χ1) is 12.4. The van der Waals surface area contributed by atoms with Gasteiger partial charge in [0.2, 0.25) is 26.0 Å². The lowest BCUT2D eigenvalue weighted by Gasteiger charge is -2.34. The van der Waals surface area contributed by atoms with Crippen molar-refractivity contribution in [1.82, 2.24) is 4.31 Å². The highest BCUT2D eigenvalue weighted by molar-refractivity contribution is 7.94. The molecule has 2 heterocycles. The number of carbonyl (C=O) groups excluding carboxylic acids is 1. The third-order valence-corrected chi connectivity index (χ3v) is 9.07. The smallest absolute Gasteiger partial charge is 0.244 e. The summed E-state index contributed by atoms with van der Waals surface area (Å²) in [6.45, 7) is 8.24. The molecule has 3 rings (SSSR count). The highest BCUT2D eigenvalue weighted by Crippen LogP contribution is 2.33. The average Bonchev–Trinajstić information content (AvgIpc) is 2.73. The number of carbonyl (C=O) groups is 1. The van der Waals surface area contributed by atoms with Crippen LogP contribution >= 0.6 is 0 Å². The largest absolute Gasteiger partial charge is 0.273 e. The van der Waals surface area contributed by atoms with Gasteiger partial charge in [0.15, 0.2) is 0 Å². The second-order valence-corrected chi connectivity index (χ2v) is 11.8. The van der Waals surface area contributed by atoms with Crippen LogP contribution < -0.4 is 4.31 Å². The fourth-order valence-corrected chi connectivity index (χ4v) is 7.78. The van der Waals surface area contributed by atoms with Gasteiger partial charge in [-0.1, -0.05) is 20.8 Å². The number of hydrogen-bond donors (Lipinski definition) is 0. The molecule has 7 nitrogen and oxygen atoms in total. The van der Waals surface area contributed by atoms with Crippen LogP contribution in [0.5, 0.6) is 0 Å². The first-order valence-electron chi connectivity index (χ1n) is 9.11. The Morgan fingerprint density at radius 3 is 2.15 bits per heavy atom. The van der Waals surface area contributed by atoms with Gasteiger partial charge in [-0.15, -0.1) is 0 Å². The zero-order chi connectivity index (χ0) is 20.1. The molecule has 2 saturated heterocycles. The molecule has 9 heteroatoms. The monoisotopic (exact) mass is 414 g/mol. The van der Waals surface area contributed by atoms with Crippen LogP contribution in [0, 0.1) is 24.7 Å². The van der Waals surface area contributed by atoms with Crippen LogP contribution in [0.3, 0.4) is 0 Å². The van der Waals surface area contributed by atoms with Gasteiger partial charge >= 0.3 is 0 Å². The lowest BCUT2D eigenvalue weighted by Crippen LogP contribution is -2.42. The van der Waals surface area contributed by atoms with Crippen LogP contribution in [-0.4, -0.2) is 45.9 Å². The highest BCUT2D eigenvalue weighted by Gasteiger charge is 2.42. The molecule has 27 heavy (non-hydrogen) atoms. The van der Waals surface area contributed by atoms with Gasteiger partial charge in [0.1, 0.15) is 0 Å². The van der Waals surface area contributed by atoms with Gasteiger partial charge in [0.25, 0.3) is 0 Å². The summed E-state index contributed by atoms with van der Waals surface area (Å²) < 4.78 is 53.1. The van der Waals surface area contributed by atoms with Crippen LogP contribution in [-0.2, 0) is 24.8 Å². The molecule has 150 valence electrons. The second kappa shape index (κ2) is 6.86. The summed E-state index contributed by atoms with van der Waals surface area (Å²) in [5.74, 6) is -0.735. The maximum absolute atomic E-state index is 13.1. The van der Waals surface area contributed by atoms with Crippen LogP contribution in [0.25, 0.3) is 0 Å². The molecular formula is C18H26N2O5S2. The Morgan fingerprint density at radius 1 is 1.07 bits per heavy atom. The van der Waals surface area contributed by atoms with E-state index in [1.165, 1.54) is 22.5 Å². The minimum absolute atomic E-state index is 0.157. The van der Waals surface area contributed by atoms with Gasteiger partial charge < -0.3 is 0 Å². The van der Waals surface area contributed by atoms with Crippen LogP contribution in [0.2, 0.25) is 0 Å². The van der Waals surface area contributed by atoms with E-state index in [9.17, 15) is 21.6 Å². The standard InChI is InChI=1S/C18H26N2O5S2/c1-12-7-13(2)10-19(9-12)27(24,25)17-6-5-16(8-14(17)3)20-18(21)15(4)11-26(20,22)23/h5-6,8,12-13,15H,7,9-11H2,1-4H3/t12-,13+,15?. The normalized spacial score (nSPS) is 29.3. The molecule has 0 saturated carbocycles. The molecule has 0 aliphatic carbocycles. The summed E-state index contributed by atoms with van der Waals surface area (Å²) in [5, 5.41) is 0. The highest BCUT2D eigenvalue weighted by atomic mass is 32.2. The van der Waals surface area contributed by atoms with Gasteiger partial charge in [-0.25, -0.2) is 21.1 Å². The predicted octanol–water partition coefficient (Wildman–Crippen LogP) is 1.97. The molecule has 1 aromatic carbocycles. The van der Waals surface area contributed by atoms with E-state index in [4.69, 9.17) is 0 Å². The first-order valence-corrected chi connectivity index (χ1v) is 12.2. The Labute approximate surface area is 161 Å². The number of nitrogens with zero attached hydrogens (tertiary/aromatic N) is 2. The number of benzene rings is 1. The zero-order valence-electron chi connectivity index (χ0n) is 16.0. The number of hydrogen-bond acceptors (Lipinski definition) is 5. The van der Waals surface area contributed by atoms with Crippen molar-refractivity contribution in [2.24, 2.45) is 17.8 Å². The molecule has 0 spiro atoms. The minimum Gasteiger partial charge on any atom is -0.273 e. The van der Waals surface area contributed by atoms with Crippen molar-refractivity contribution < 1.29 is 21.6 Å². The Morgan fingerprint density at radius 2 is 1.67 bits per heavy atom. The molecule has 0 bridgehead atoms. The SMILES string of the molecule is Cc1cc(N2C(=O)C(C)CS2(=O)=O)ccc1S(=O)(=O)N1C[C@H](C)C[C@H](C)C1. The zero-order valence-corrected chi connectivity index (χ0v) is 17.7. The van der Waals surface area contributed by atoms with Gasteiger partial charge in [-0.3, -0.25) is 4.79 Å². The number of sulfonamides is 2. The number of rotatable bonds is 3. The number of amides is 1. The van der Waals surface area contributed by atoms with Crippen molar-refractivity contribution in [1.29, 1.82) is 0 Å². The van der Waals surface area contributed by atoms with Crippen molar-refractivity contribution >= 4 is 31.6 Å². The van der Waals surface area contributed by atoms with Crippen molar-refractivity contribution in [3.05, 3.63) is 23.8 Å². The first kappa shape index (κ1) is 20.3. The molecule has 1 unspecified atom stereocenters.